The molecule has 1 aliphatic rings. The van der Waals surface area contributed by atoms with E-state index < -0.39 is 0 Å². The average molecular weight is 278 g/mol. The second-order valence-electron chi connectivity index (χ2n) is 5.46. The highest BCUT2D eigenvalue weighted by atomic mass is 19.1. The number of halogens is 1. The Labute approximate surface area is 117 Å². The molecular formula is C15H19FN2O2. The molecule has 2 N–H and O–H groups in total. The van der Waals surface area contributed by atoms with Gasteiger partial charge in [0.1, 0.15) is 11.3 Å². The van der Waals surface area contributed by atoms with Crippen molar-refractivity contribution in [3.05, 3.63) is 24.0 Å². The monoisotopic (exact) mass is 278 g/mol. The zero-order valence-corrected chi connectivity index (χ0v) is 11.3. The molecule has 0 spiro atoms. The molecule has 2 atom stereocenters. The Bertz CT molecular complexity index is 584. The van der Waals surface area contributed by atoms with Crippen LogP contribution < -0.4 is 5.32 Å². The zero-order valence-electron chi connectivity index (χ0n) is 11.3. The van der Waals surface area contributed by atoms with E-state index in [1.54, 1.807) is 6.07 Å². The van der Waals surface area contributed by atoms with E-state index >= 15 is 0 Å². The molecule has 1 fully saturated rings. The fraction of sp³-hybridized carbons (Fsp3) is 0.533. The van der Waals surface area contributed by atoms with Crippen LogP contribution >= 0.6 is 0 Å². The van der Waals surface area contributed by atoms with Crippen LogP contribution in [0.15, 0.2) is 22.6 Å². The third kappa shape index (κ3) is 2.77. The molecule has 0 unspecified atom stereocenters. The van der Waals surface area contributed by atoms with E-state index in [1.165, 1.54) is 18.6 Å². The minimum Gasteiger partial charge on any atom is -0.424 e. The first-order valence-electron chi connectivity index (χ1n) is 7.20. The van der Waals surface area contributed by atoms with E-state index in [0.29, 0.717) is 17.1 Å². The number of fused-ring (bicyclic) bond motifs is 1. The lowest BCUT2D eigenvalue weighted by Gasteiger charge is -2.23. The molecule has 0 bridgehead atoms. The molecule has 2 aromatic rings. The lowest BCUT2D eigenvalue weighted by molar-refractivity contribution is 0.202. The van der Waals surface area contributed by atoms with Crippen molar-refractivity contribution in [2.45, 2.75) is 38.1 Å². The summed E-state index contributed by atoms with van der Waals surface area (Å²) in [7, 11) is 0. The number of hydrogen-bond donors (Lipinski definition) is 2. The molecule has 108 valence electrons. The number of nitrogens with one attached hydrogen (secondary N) is 1. The molecule has 1 heterocycles. The smallest absolute Gasteiger partial charge is 0.295 e. The molecule has 0 aliphatic heterocycles. The quantitative estimate of drug-likeness (QED) is 0.846. The lowest BCUT2D eigenvalue weighted by atomic mass is 9.96. The predicted octanol–water partition coefficient (Wildman–Crippen LogP) is 3.32. The summed E-state index contributed by atoms with van der Waals surface area (Å²) in [6.45, 7) is 0.173. The van der Waals surface area contributed by atoms with Gasteiger partial charge in [0, 0.05) is 24.6 Å². The number of aliphatic hydroxyl groups excluding tert-OH is 1. The number of benzene rings is 1. The maximum atomic E-state index is 13.1. The third-order valence-electron chi connectivity index (χ3n) is 4.05. The van der Waals surface area contributed by atoms with E-state index in [2.05, 4.69) is 10.3 Å². The van der Waals surface area contributed by atoms with Gasteiger partial charge in [-0.05, 0) is 25.0 Å². The van der Waals surface area contributed by atoms with Crippen LogP contribution in [0.1, 0.15) is 32.1 Å². The molecule has 1 aromatic carbocycles. The number of hydrogen-bond acceptors (Lipinski definition) is 4. The summed E-state index contributed by atoms with van der Waals surface area (Å²) in [5.74, 6) is -0.0932. The van der Waals surface area contributed by atoms with Crippen LogP contribution in [0.4, 0.5) is 10.4 Å². The van der Waals surface area contributed by atoms with Gasteiger partial charge in [-0.1, -0.05) is 19.3 Å². The average Bonchev–Trinajstić information content (AvgIpc) is 2.68. The SMILES string of the molecule is OC[C@@H]1CCCCC[C@H]1Nc1nc2cc(F)ccc2o1. The Balaban J connectivity index is 1.80. The molecule has 1 aliphatic carbocycles. The predicted molar refractivity (Wildman–Crippen MR) is 75.0 cm³/mol. The maximum absolute atomic E-state index is 13.1. The Kier molecular flexibility index (Phi) is 3.87. The topological polar surface area (TPSA) is 58.3 Å². The van der Waals surface area contributed by atoms with E-state index in [-0.39, 0.29) is 24.4 Å². The van der Waals surface area contributed by atoms with Crippen LogP contribution in [0.5, 0.6) is 0 Å². The van der Waals surface area contributed by atoms with Crippen molar-refractivity contribution in [1.82, 2.24) is 4.98 Å². The van der Waals surface area contributed by atoms with Gasteiger partial charge in [-0.25, -0.2) is 4.39 Å². The summed E-state index contributed by atoms with van der Waals surface area (Å²) in [6.07, 6.45) is 5.51. The summed E-state index contributed by atoms with van der Waals surface area (Å²) in [5.41, 5.74) is 1.09. The van der Waals surface area contributed by atoms with Crippen molar-refractivity contribution >= 4 is 17.1 Å². The van der Waals surface area contributed by atoms with E-state index in [4.69, 9.17) is 4.42 Å². The van der Waals surface area contributed by atoms with Gasteiger partial charge in [0.15, 0.2) is 5.58 Å². The van der Waals surface area contributed by atoms with Gasteiger partial charge in [0.25, 0.3) is 6.01 Å². The molecule has 5 heteroatoms. The van der Waals surface area contributed by atoms with Crippen LogP contribution in [-0.4, -0.2) is 22.7 Å². The summed E-state index contributed by atoms with van der Waals surface area (Å²) in [5, 5.41) is 12.8. The molecule has 0 radical (unpaired) electrons. The molecular weight excluding hydrogens is 259 g/mol. The Morgan fingerprint density at radius 3 is 3.00 bits per heavy atom. The van der Waals surface area contributed by atoms with Crippen LogP contribution in [0.25, 0.3) is 11.1 Å². The van der Waals surface area contributed by atoms with Crippen molar-refractivity contribution in [2.24, 2.45) is 5.92 Å². The summed E-state index contributed by atoms with van der Waals surface area (Å²) < 4.78 is 18.7. The Morgan fingerprint density at radius 1 is 1.30 bits per heavy atom. The number of oxazole rings is 1. The van der Waals surface area contributed by atoms with Gasteiger partial charge in [-0.3, -0.25) is 0 Å². The van der Waals surface area contributed by atoms with Crippen LogP contribution in [0.2, 0.25) is 0 Å². The minimum atomic E-state index is -0.319. The minimum absolute atomic E-state index is 0.167. The third-order valence-corrected chi connectivity index (χ3v) is 4.05. The van der Waals surface area contributed by atoms with Gasteiger partial charge in [0.2, 0.25) is 0 Å². The van der Waals surface area contributed by atoms with Gasteiger partial charge in [0.05, 0.1) is 0 Å². The van der Waals surface area contributed by atoms with E-state index in [9.17, 15) is 9.50 Å². The van der Waals surface area contributed by atoms with Gasteiger partial charge >= 0.3 is 0 Å². The van der Waals surface area contributed by atoms with E-state index in [0.717, 1.165) is 25.7 Å². The van der Waals surface area contributed by atoms with Crippen LogP contribution in [0.3, 0.4) is 0 Å². The fourth-order valence-corrected chi connectivity index (χ4v) is 2.91. The first-order valence-corrected chi connectivity index (χ1v) is 7.20. The number of aromatic nitrogens is 1. The van der Waals surface area contributed by atoms with Gasteiger partial charge in [-0.2, -0.15) is 4.98 Å². The molecule has 1 saturated carbocycles. The molecule has 20 heavy (non-hydrogen) atoms. The van der Waals surface area contributed by atoms with Gasteiger partial charge in [-0.15, -0.1) is 0 Å². The van der Waals surface area contributed by atoms with Crippen molar-refractivity contribution in [3.8, 4) is 0 Å². The standard InChI is InChI=1S/C15H19FN2O2/c16-11-6-7-14-13(8-11)18-15(20-14)17-12-5-3-1-2-4-10(12)9-19/h6-8,10,12,19H,1-5,9H2,(H,17,18)/t10-,12+/m0/s1. The molecule has 1 aromatic heterocycles. The molecule has 4 nitrogen and oxygen atoms in total. The highest BCUT2D eigenvalue weighted by Crippen LogP contribution is 2.27. The first-order chi connectivity index (χ1) is 9.76. The largest absolute Gasteiger partial charge is 0.424 e. The Morgan fingerprint density at radius 2 is 2.15 bits per heavy atom. The van der Waals surface area contributed by atoms with Gasteiger partial charge < -0.3 is 14.8 Å². The Hall–Kier alpha value is -1.62. The van der Waals surface area contributed by atoms with Crippen molar-refractivity contribution in [3.63, 3.8) is 0 Å². The highest BCUT2D eigenvalue weighted by molar-refractivity contribution is 5.74. The number of rotatable bonds is 3. The second kappa shape index (κ2) is 5.79. The maximum Gasteiger partial charge on any atom is 0.295 e. The van der Waals surface area contributed by atoms with Crippen molar-refractivity contribution in [2.75, 3.05) is 11.9 Å². The molecule has 0 saturated heterocycles. The summed E-state index contributed by atoms with van der Waals surface area (Å²) in [4.78, 5) is 4.27. The number of anilines is 1. The van der Waals surface area contributed by atoms with Crippen LogP contribution in [-0.2, 0) is 0 Å². The lowest BCUT2D eigenvalue weighted by Crippen LogP contribution is -2.30. The van der Waals surface area contributed by atoms with Crippen molar-refractivity contribution in [1.29, 1.82) is 0 Å². The molecule has 3 rings (SSSR count). The van der Waals surface area contributed by atoms with Crippen molar-refractivity contribution < 1.29 is 13.9 Å². The zero-order chi connectivity index (χ0) is 13.9. The summed E-state index contributed by atoms with van der Waals surface area (Å²) in [6, 6.07) is 4.89. The number of nitrogens with zero attached hydrogens (tertiary/aromatic N) is 1. The fourth-order valence-electron chi connectivity index (χ4n) is 2.91. The molecule has 0 amide bonds. The second-order valence-corrected chi connectivity index (χ2v) is 5.46. The van der Waals surface area contributed by atoms with E-state index in [1.807, 2.05) is 0 Å². The van der Waals surface area contributed by atoms with Crippen LogP contribution in [0, 0.1) is 11.7 Å². The first kappa shape index (κ1) is 13.4. The summed E-state index contributed by atoms with van der Waals surface area (Å²) >= 11 is 0. The normalized spacial score (nSPS) is 23.7. The highest BCUT2D eigenvalue weighted by Gasteiger charge is 2.24. The number of aliphatic hydroxyl groups is 1.